The lowest BCUT2D eigenvalue weighted by molar-refractivity contribution is 0.0856. The molecule has 4 rings (SSSR count). The first-order valence-electron chi connectivity index (χ1n) is 9.45. The summed E-state index contributed by atoms with van der Waals surface area (Å²) in [6.07, 6.45) is 0.861. The molecule has 3 nitrogen and oxygen atoms in total. The Morgan fingerprint density at radius 3 is 2.41 bits per heavy atom. The Morgan fingerprint density at radius 1 is 1.11 bits per heavy atom. The van der Waals surface area contributed by atoms with Gasteiger partial charge in [-0.05, 0) is 51.0 Å². The number of rotatable bonds is 3. The van der Waals surface area contributed by atoms with E-state index in [9.17, 15) is 0 Å². The van der Waals surface area contributed by atoms with E-state index in [1.54, 1.807) is 0 Å². The third-order valence-electron chi connectivity index (χ3n) is 5.71. The topological polar surface area (TPSA) is 27.1 Å². The number of hydrogen-bond acceptors (Lipinski definition) is 2. The summed E-state index contributed by atoms with van der Waals surface area (Å²) in [5.41, 5.74) is 6.34. The predicted molar refractivity (Wildman–Crippen MR) is 110 cm³/mol. The Labute approximate surface area is 161 Å². The van der Waals surface area contributed by atoms with Crippen LogP contribution in [0.5, 0.6) is 5.88 Å². The van der Waals surface area contributed by atoms with E-state index in [1.165, 1.54) is 16.7 Å². The lowest BCUT2D eigenvalue weighted by atomic mass is 9.77. The van der Waals surface area contributed by atoms with E-state index < -0.39 is 5.60 Å². The number of benzene rings is 2. The van der Waals surface area contributed by atoms with Crippen LogP contribution < -0.4 is 4.74 Å². The van der Waals surface area contributed by atoms with E-state index in [1.807, 2.05) is 11.6 Å². The minimum Gasteiger partial charge on any atom is -0.466 e. The van der Waals surface area contributed by atoms with Crippen molar-refractivity contribution in [3.05, 3.63) is 89.1 Å². The molecule has 2 aromatic carbocycles. The molecule has 2 atom stereocenters. The normalized spacial score (nSPS) is 21.4. The molecule has 1 aliphatic rings. The van der Waals surface area contributed by atoms with Crippen molar-refractivity contribution in [2.75, 3.05) is 0 Å². The van der Waals surface area contributed by atoms with Crippen LogP contribution in [0.15, 0.2) is 66.7 Å². The average Bonchev–Trinajstić information content (AvgIpc) is 2.98. The van der Waals surface area contributed by atoms with Gasteiger partial charge in [0, 0.05) is 17.9 Å². The minimum absolute atomic E-state index is 0.232. The van der Waals surface area contributed by atoms with Crippen molar-refractivity contribution in [2.24, 2.45) is 0 Å². The number of fused-ring (bicyclic) bond motifs is 1. The summed E-state index contributed by atoms with van der Waals surface area (Å²) in [5.74, 6) is 1.07. The molecule has 3 heteroatoms. The van der Waals surface area contributed by atoms with Crippen molar-refractivity contribution < 1.29 is 4.74 Å². The molecule has 1 aliphatic heterocycles. The number of hydrogen-bond donors (Lipinski definition) is 0. The highest BCUT2D eigenvalue weighted by Crippen LogP contribution is 2.48. The highest BCUT2D eigenvalue weighted by atomic mass is 16.5. The summed E-state index contributed by atoms with van der Waals surface area (Å²) in [6.45, 7) is 12.6. The van der Waals surface area contributed by atoms with Crippen molar-refractivity contribution in [1.29, 1.82) is 0 Å². The first kappa shape index (κ1) is 17.6. The molecule has 138 valence electrons. The molecule has 0 saturated heterocycles. The first-order chi connectivity index (χ1) is 12.9. The largest absolute Gasteiger partial charge is 0.466 e. The lowest BCUT2D eigenvalue weighted by Crippen LogP contribution is -2.39. The summed E-state index contributed by atoms with van der Waals surface area (Å²) >= 11 is 0. The monoisotopic (exact) mass is 358 g/mol. The van der Waals surface area contributed by atoms with Gasteiger partial charge in [0.05, 0.1) is 11.4 Å². The summed E-state index contributed by atoms with van der Waals surface area (Å²) < 4.78 is 8.51. The smallest absolute Gasteiger partial charge is 0.221 e. The van der Waals surface area contributed by atoms with E-state index in [4.69, 9.17) is 9.84 Å². The van der Waals surface area contributed by atoms with Crippen molar-refractivity contribution in [1.82, 2.24) is 9.78 Å². The van der Waals surface area contributed by atoms with E-state index in [0.29, 0.717) is 0 Å². The van der Waals surface area contributed by atoms with Crippen LogP contribution >= 0.6 is 0 Å². The molecule has 0 fully saturated rings. The Hall–Kier alpha value is -2.81. The van der Waals surface area contributed by atoms with Gasteiger partial charge in [-0.1, -0.05) is 54.6 Å². The van der Waals surface area contributed by atoms with Crippen LogP contribution in [0.4, 0.5) is 0 Å². The van der Waals surface area contributed by atoms with Gasteiger partial charge in [-0.25, -0.2) is 4.68 Å². The number of ether oxygens (including phenoxy) is 1. The van der Waals surface area contributed by atoms with E-state index >= 15 is 0 Å². The minimum atomic E-state index is -0.428. The predicted octanol–water partition coefficient (Wildman–Crippen LogP) is 5.74. The SMILES string of the molecule is C=C(C)[C@@]1(C)C[C@H](c2ccccc2)c2c(C)nn(-c3ccc(C)cc3)c2O1. The van der Waals surface area contributed by atoms with Crippen LogP contribution in [0, 0.1) is 13.8 Å². The molecule has 0 unspecified atom stereocenters. The molecular weight excluding hydrogens is 332 g/mol. The first-order valence-corrected chi connectivity index (χ1v) is 9.45. The summed E-state index contributed by atoms with van der Waals surface area (Å²) in [4.78, 5) is 0. The molecule has 0 saturated carbocycles. The molecule has 0 aliphatic carbocycles. The Morgan fingerprint density at radius 2 is 1.78 bits per heavy atom. The van der Waals surface area contributed by atoms with Crippen LogP contribution in [0.25, 0.3) is 5.69 Å². The van der Waals surface area contributed by atoms with Crippen LogP contribution in [0.2, 0.25) is 0 Å². The van der Waals surface area contributed by atoms with Gasteiger partial charge in [0.15, 0.2) is 0 Å². The Bertz CT molecular complexity index is 985. The average molecular weight is 358 g/mol. The lowest BCUT2D eigenvalue weighted by Gasteiger charge is -2.39. The molecule has 1 aromatic heterocycles. The van der Waals surface area contributed by atoms with Crippen LogP contribution in [0.1, 0.15) is 48.6 Å². The van der Waals surface area contributed by atoms with Crippen LogP contribution in [-0.2, 0) is 0 Å². The third kappa shape index (κ3) is 2.97. The fourth-order valence-corrected chi connectivity index (χ4v) is 3.86. The van der Waals surface area contributed by atoms with Gasteiger partial charge < -0.3 is 4.74 Å². The van der Waals surface area contributed by atoms with Gasteiger partial charge in [-0.3, -0.25) is 0 Å². The quantitative estimate of drug-likeness (QED) is 0.558. The highest BCUT2D eigenvalue weighted by Gasteiger charge is 2.42. The molecule has 0 spiro atoms. The van der Waals surface area contributed by atoms with Crippen molar-refractivity contribution in [2.45, 2.75) is 45.6 Å². The van der Waals surface area contributed by atoms with Gasteiger partial charge in [-0.2, -0.15) is 5.10 Å². The number of nitrogens with zero attached hydrogens (tertiary/aromatic N) is 2. The maximum Gasteiger partial charge on any atom is 0.221 e. The summed E-state index contributed by atoms with van der Waals surface area (Å²) in [7, 11) is 0. The number of aryl methyl sites for hydroxylation is 2. The molecule has 3 aromatic rings. The Kier molecular flexibility index (Phi) is 4.18. The fourth-order valence-electron chi connectivity index (χ4n) is 3.86. The standard InChI is InChI=1S/C24H26N2O/c1-16(2)24(5)15-21(19-9-7-6-8-10-19)22-18(4)25-26(23(22)27-24)20-13-11-17(3)12-14-20/h6-14,21H,1,15H2,2-5H3/t21-,24-/m1/s1. The molecule has 27 heavy (non-hydrogen) atoms. The second-order valence-electron chi connectivity index (χ2n) is 7.83. The summed E-state index contributed by atoms with van der Waals surface area (Å²) in [6, 6.07) is 19.0. The van der Waals surface area contributed by atoms with Gasteiger partial charge in [0.25, 0.3) is 0 Å². The van der Waals surface area contributed by atoms with Crippen molar-refractivity contribution in [3.8, 4) is 11.6 Å². The van der Waals surface area contributed by atoms with Gasteiger partial charge in [0.1, 0.15) is 5.60 Å². The molecule has 0 N–H and O–H groups in total. The zero-order chi connectivity index (χ0) is 19.2. The zero-order valence-electron chi connectivity index (χ0n) is 16.5. The summed E-state index contributed by atoms with van der Waals surface area (Å²) in [5, 5.41) is 4.85. The fraction of sp³-hybridized carbons (Fsp3) is 0.292. The van der Waals surface area contributed by atoms with Gasteiger partial charge in [-0.15, -0.1) is 0 Å². The van der Waals surface area contributed by atoms with E-state index in [0.717, 1.165) is 29.3 Å². The Balaban J connectivity index is 1.92. The van der Waals surface area contributed by atoms with Crippen LogP contribution in [-0.4, -0.2) is 15.4 Å². The highest BCUT2D eigenvalue weighted by molar-refractivity contribution is 5.49. The molecule has 0 bridgehead atoms. The van der Waals surface area contributed by atoms with Crippen LogP contribution in [0.3, 0.4) is 0 Å². The zero-order valence-corrected chi connectivity index (χ0v) is 16.5. The third-order valence-corrected chi connectivity index (χ3v) is 5.71. The second-order valence-corrected chi connectivity index (χ2v) is 7.83. The molecule has 0 radical (unpaired) electrons. The van der Waals surface area contributed by atoms with Gasteiger partial charge >= 0.3 is 0 Å². The maximum atomic E-state index is 6.57. The van der Waals surface area contributed by atoms with E-state index in [-0.39, 0.29) is 5.92 Å². The molecule has 2 heterocycles. The molecular formula is C24H26N2O. The maximum absolute atomic E-state index is 6.57. The van der Waals surface area contributed by atoms with E-state index in [2.05, 4.69) is 81.9 Å². The van der Waals surface area contributed by atoms with Crippen molar-refractivity contribution in [3.63, 3.8) is 0 Å². The molecule has 0 amide bonds. The van der Waals surface area contributed by atoms with Gasteiger partial charge in [0.2, 0.25) is 5.88 Å². The van der Waals surface area contributed by atoms with Crippen molar-refractivity contribution >= 4 is 0 Å². The number of aromatic nitrogens is 2. The second kappa shape index (κ2) is 6.41.